The van der Waals surface area contributed by atoms with E-state index in [-0.39, 0.29) is 12.8 Å². The number of methoxy groups -OCH3 is 2. The third-order valence-corrected chi connectivity index (χ3v) is 6.21. The van der Waals surface area contributed by atoms with E-state index in [4.69, 9.17) is 23.7 Å². The van der Waals surface area contributed by atoms with Gasteiger partial charge in [-0.2, -0.15) is 0 Å². The van der Waals surface area contributed by atoms with Gasteiger partial charge in [0.25, 0.3) is 0 Å². The molecule has 2 aromatic rings. The highest BCUT2D eigenvalue weighted by Gasteiger charge is 2.53. The second kappa shape index (κ2) is 6.29. The number of nitrogens with zero attached hydrogens (tertiary/aromatic N) is 1. The first-order chi connectivity index (χ1) is 14.0. The van der Waals surface area contributed by atoms with E-state index in [1.54, 1.807) is 7.11 Å². The summed E-state index contributed by atoms with van der Waals surface area (Å²) in [5, 5.41) is 0. The number of carbonyl (C=O) groups excluding carboxylic acids is 1. The second-order valence-electron chi connectivity index (χ2n) is 7.76. The topological polar surface area (TPSA) is 66.5 Å². The number of likely N-dealkylation sites (N-methyl/N-ethyl adjacent to an activating group) is 1. The molecular weight excluding hydrogens is 374 g/mol. The van der Waals surface area contributed by atoms with Crippen molar-refractivity contribution in [2.24, 2.45) is 0 Å². The largest absolute Gasteiger partial charge is 0.493 e. The van der Waals surface area contributed by atoms with Crippen molar-refractivity contribution in [3.63, 3.8) is 0 Å². The van der Waals surface area contributed by atoms with Crippen molar-refractivity contribution in [2.75, 3.05) is 34.6 Å². The summed E-state index contributed by atoms with van der Waals surface area (Å²) in [6.45, 7) is 3.03. The molecule has 152 valence electrons. The zero-order chi connectivity index (χ0) is 20.3. The Morgan fingerprint density at radius 3 is 2.62 bits per heavy atom. The molecule has 0 bridgehead atoms. The summed E-state index contributed by atoms with van der Waals surface area (Å²) in [7, 11) is 5.14. The van der Waals surface area contributed by atoms with Crippen LogP contribution in [0.2, 0.25) is 0 Å². The van der Waals surface area contributed by atoms with Crippen LogP contribution in [0.4, 0.5) is 0 Å². The van der Waals surface area contributed by atoms with Gasteiger partial charge in [0.15, 0.2) is 28.6 Å². The summed E-state index contributed by atoms with van der Waals surface area (Å²) in [6, 6.07) is 7.62. The Kier molecular flexibility index (Phi) is 3.93. The van der Waals surface area contributed by atoms with Crippen molar-refractivity contribution in [3.05, 3.63) is 46.5 Å². The van der Waals surface area contributed by atoms with Crippen LogP contribution in [-0.2, 0) is 16.8 Å². The minimum atomic E-state index is -0.885. The summed E-state index contributed by atoms with van der Waals surface area (Å²) >= 11 is 0. The van der Waals surface area contributed by atoms with E-state index >= 15 is 0 Å². The first kappa shape index (κ1) is 18.1. The average Bonchev–Trinajstić information content (AvgIpc) is 3.27. The van der Waals surface area contributed by atoms with Crippen LogP contribution >= 0.6 is 0 Å². The second-order valence-corrected chi connectivity index (χ2v) is 7.76. The molecule has 7 nitrogen and oxygen atoms in total. The minimum Gasteiger partial charge on any atom is -0.493 e. The fourth-order valence-corrected chi connectivity index (χ4v) is 4.90. The molecule has 0 aromatic heterocycles. The van der Waals surface area contributed by atoms with Crippen LogP contribution in [0.25, 0.3) is 0 Å². The van der Waals surface area contributed by atoms with E-state index < -0.39 is 11.6 Å². The third kappa shape index (κ3) is 2.43. The first-order valence-corrected chi connectivity index (χ1v) is 9.59. The van der Waals surface area contributed by atoms with Crippen LogP contribution in [0.1, 0.15) is 40.0 Å². The van der Waals surface area contributed by atoms with E-state index in [1.807, 2.05) is 31.2 Å². The lowest BCUT2D eigenvalue weighted by molar-refractivity contribution is -0.0502. The summed E-state index contributed by atoms with van der Waals surface area (Å²) < 4.78 is 28.1. The van der Waals surface area contributed by atoms with Gasteiger partial charge in [-0.05, 0) is 49.7 Å². The number of hydrogen-bond donors (Lipinski definition) is 0. The van der Waals surface area contributed by atoms with Gasteiger partial charge in [0.05, 0.1) is 20.3 Å². The van der Waals surface area contributed by atoms with Crippen molar-refractivity contribution >= 4 is 5.97 Å². The third-order valence-electron chi connectivity index (χ3n) is 6.21. The van der Waals surface area contributed by atoms with Crippen molar-refractivity contribution in [1.29, 1.82) is 0 Å². The molecular formula is C22H23NO6. The molecule has 0 spiro atoms. The standard InChI is InChI=1S/C22H23NO6/c1-22(14-5-6-15(25-3)19(26-4)18(14)21(24)29-22)20-13-10-17-16(27-11-28-17)9-12(13)7-8-23(20)2/h5-6,9-10,20H,7-8,11H2,1-4H3/t20-,22+/m1/s1. The molecule has 0 saturated carbocycles. The van der Waals surface area contributed by atoms with E-state index in [9.17, 15) is 4.79 Å². The number of hydrogen-bond acceptors (Lipinski definition) is 7. The Bertz CT molecular complexity index is 1020. The van der Waals surface area contributed by atoms with Gasteiger partial charge in [-0.3, -0.25) is 4.90 Å². The quantitative estimate of drug-likeness (QED) is 0.738. The zero-order valence-electron chi connectivity index (χ0n) is 16.9. The molecule has 0 saturated heterocycles. The predicted octanol–water partition coefficient (Wildman–Crippen LogP) is 3.05. The summed E-state index contributed by atoms with van der Waals surface area (Å²) in [6.07, 6.45) is 0.891. The molecule has 0 N–H and O–H groups in total. The molecule has 29 heavy (non-hydrogen) atoms. The molecule has 3 heterocycles. The lowest BCUT2D eigenvalue weighted by Gasteiger charge is -2.43. The normalized spacial score (nSPS) is 24.7. The number of rotatable bonds is 3. The van der Waals surface area contributed by atoms with Gasteiger partial charge in [-0.15, -0.1) is 0 Å². The lowest BCUT2D eigenvalue weighted by Crippen LogP contribution is -2.44. The van der Waals surface area contributed by atoms with E-state index in [1.165, 1.54) is 12.7 Å². The Labute approximate surface area is 169 Å². The Balaban J connectivity index is 1.69. The maximum absolute atomic E-state index is 13.0. The van der Waals surface area contributed by atoms with Crippen molar-refractivity contribution in [1.82, 2.24) is 4.90 Å². The Hall–Kier alpha value is -2.93. The molecule has 5 rings (SSSR count). The number of ether oxygens (including phenoxy) is 5. The molecule has 0 aliphatic carbocycles. The lowest BCUT2D eigenvalue weighted by atomic mass is 9.78. The van der Waals surface area contributed by atoms with E-state index in [2.05, 4.69) is 11.9 Å². The highest BCUT2D eigenvalue weighted by Crippen LogP contribution is 2.54. The maximum Gasteiger partial charge on any atom is 0.343 e. The van der Waals surface area contributed by atoms with Gasteiger partial charge in [0.2, 0.25) is 6.79 Å². The van der Waals surface area contributed by atoms with Crippen LogP contribution in [0.5, 0.6) is 23.0 Å². The first-order valence-electron chi connectivity index (χ1n) is 9.59. The Morgan fingerprint density at radius 1 is 1.14 bits per heavy atom. The monoisotopic (exact) mass is 397 g/mol. The molecule has 3 aliphatic heterocycles. The number of carbonyl (C=O) groups is 1. The van der Waals surface area contributed by atoms with Crippen LogP contribution in [0.3, 0.4) is 0 Å². The van der Waals surface area contributed by atoms with Gasteiger partial charge in [-0.25, -0.2) is 4.79 Å². The van der Waals surface area contributed by atoms with Gasteiger partial charge in [0.1, 0.15) is 5.56 Å². The fraction of sp³-hybridized carbons (Fsp3) is 0.409. The summed E-state index contributed by atoms with van der Waals surface area (Å²) in [4.78, 5) is 15.2. The smallest absolute Gasteiger partial charge is 0.343 e. The van der Waals surface area contributed by atoms with Crippen LogP contribution in [-0.4, -0.2) is 45.5 Å². The van der Waals surface area contributed by atoms with Crippen molar-refractivity contribution < 1.29 is 28.5 Å². The molecule has 2 atom stereocenters. The van der Waals surface area contributed by atoms with Crippen molar-refractivity contribution in [3.8, 4) is 23.0 Å². The molecule has 0 amide bonds. The van der Waals surface area contributed by atoms with Gasteiger partial charge < -0.3 is 23.7 Å². The fourth-order valence-electron chi connectivity index (χ4n) is 4.90. The number of benzene rings is 2. The predicted molar refractivity (Wildman–Crippen MR) is 104 cm³/mol. The number of cyclic esters (lactones) is 1. The summed E-state index contributed by atoms with van der Waals surface area (Å²) in [5.41, 5.74) is 2.60. The molecule has 0 fully saturated rings. The molecule has 2 aromatic carbocycles. The van der Waals surface area contributed by atoms with Crippen LogP contribution in [0, 0.1) is 0 Å². The minimum absolute atomic E-state index is 0.177. The number of esters is 1. The summed E-state index contributed by atoms with van der Waals surface area (Å²) in [5.74, 6) is 2.01. The SMILES string of the molecule is COc1ccc2c(c1OC)C(=O)O[C@]2(C)[C@H]1c2cc3c(cc2CCN1C)OCO3. The van der Waals surface area contributed by atoms with Crippen LogP contribution in [0.15, 0.2) is 24.3 Å². The zero-order valence-corrected chi connectivity index (χ0v) is 16.9. The van der Waals surface area contributed by atoms with Gasteiger partial charge in [-0.1, -0.05) is 6.07 Å². The van der Waals surface area contributed by atoms with Crippen molar-refractivity contribution in [2.45, 2.75) is 25.0 Å². The average molecular weight is 397 g/mol. The van der Waals surface area contributed by atoms with E-state index in [0.717, 1.165) is 35.6 Å². The molecule has 0 radical (unpaired) electrons. The highest BCUT2D eigenvalue weighted by atomic mass is 16.7. The van der Waals surface area contributed by atoms with Gasteiger partial charge >= 0.3 is 5.97 Å². The van der Waals surface area contributed by atoms with E-state index in [0.29, 0.717) is 17.1 Å². The van der Waals surface area contributed by atoms with Gasteiger partial charge in [0, 0.05) is 12.1 Å². The maximum atomic E-state index is 13.0. The highest BCUT2D eigenvalue weighted by molar-refractivity contribution is 5.99. The van der Waals surface area contributed by atoms with Crippen LogP contribution < -0.4 is 18.9 Å². The molecule has 0 unspecified atom stereocenters. The number of fused-ring (bicyclic) bond motifs is 3. The Morgan fingerprint density at radius 2 is 1.90 bits per heavy atom. The molecule has 7 heteroatoms. The molecule has 3 aliphatic rings.